The number of carbonyl (C=O) groups excluding carboxylic acids is 3. The largest absolute Gasteiger partial charge is 0.356 e. The van der Waals surface area contributed by atoms with Crippen molar-refractivity contribution in [2.45, 2.75) is 71.3 Å². The fraction of sp³-hybridized carbons (Fsp3) is 0.609. The maximum atomic E-state index is 11.9. The molecule has 166 valence electrons. The molecule has 1 heterocycles. The number of nitrogens with zero attached hydrogens (tertiary/aromatic N) is 1. The Morgan fingerprint density at radius 1 is 1.07 bits per heavy atom. The summed E-state index contributed by atoms with van der Waals surface area (Å²) >= 11 is 0. The molecule has 1 saturated heterocycles. The van der Waals surface area contributed by atoms with Gasteiger partial charge in [0.25, 0.3) is 11.8 Å². The highest BCUT2D eigenvalue weighted by Crippen LogP contribution is 2.22. The third-order valence-corrected chi connectivity index (χ3v) is 5.40. The fourth-order valence-electron chi connectivity index (χ4n) is 3.45. The molecule has 0 spiro atoms. The van der Waals surface area contributed by atoms with Crippen molar-refractivity contribution in [2.24, 2.45) is 5.92 Å². The summed E-state index contributed by atoms with van der Waals surface area (Å²) in [6, 6.07) is 8.77. The molecule has 1 fully saturated rings. The predicted molar refractivity (Wildman–Crippen MR) is 115 cm³/mol. The summed E-state index contributed by atoms with van der Waals surface area (Å²) in [4.78, 5) is 34.7. The number of nitrogens with one attached hydrogen (secondary N) is 2. The van der Waals surface area contributed by atoms with Crippen molar-refractivity contribution in [1.82, 2.24) is 15.7 Å². The smallest absolute Gasteiger partial charge is 0.257 e. The van der Waals surface area contributed by atoms with Crippen LogP contribution < -0.4 is 10.6 Å². The van der Waals surface area contributed by atoms with Crippen LogP contribution in [0.1, 0.15) is 70.4 Å². The summed E-state index contributed by atoms with van der Waals surface area (Å²) in [5, 5.41) is 15.6. The van der Waals surface area contributed by atoms with Crippen LogP contribution in [0.25, 0.3) is 0 Å². The Morgan fingerprint density at radius 2 is 1.70 bits per heavy atom. The van der Waals surface area contributed by atoms with Gasteiger partial charge in [0.2, 0.25) is 5.91 Å². The van der Waals surface area contributed by atoms with E-state index in [0.717, 1.165) is 38.8 Å². The highest BCUT2D eigenvalue weighted by molar-refractivity contribution is 6.03. The monoisotopic (exact) mass is 417 g/mol. The second-order valence-corrected chi connectivity index (χ2v) is 9.04. The molecule has 3 amide bonds. The second kappa shape index (κ2) is 11.2. The van der Waals surface area contributed by atoms with Gasteiger partial charge < -0.3 is 10.6 Å². The van der Waals surface area contributed by atoms with Crippen LogP contribution in [-0.4, -0.2) is 41.1 Å². The van der Waals surface area contributed by atoms with Gasteiger partial charge in [0.1, 0.15) is 0 Å². The van der Waals surface area contributed by atoms with Crippen molar-refractivity contribution in [3.63, 3.8) is 0 Å². The molecule has 0 radical (unpaired) electrons. The molecule has 1 atom stereocenters. The van der Waals surface area contributed by atoms with Crippen LogP contribution in [0.5, 0.6) is 0 Å². The number of hydrogen-bond acceptors (Lipinski definition) is 5. The molecule has 7 nitrogen and oxygen atoms in total. The highest BCUT2D eigenvalue weighted by Gasteiger charge is 2.38. The molecule has 1 unspecified atom stereocenters. The molecule has 7 heteroatoms. The Balaban J connectivity index is 1.47. The topological polar surface area (TPSA) is 98.7 Å². The molecule has 2 rings (SSSR count). The van der Waals surface area contributed by atoms with Gasteiger partial charge in [-0.05, 0) is 35.9 Å². The lowest BCUT2D eigenvalue weighted by atomic mass is 9.87. The summed E-state index contributed by atoms with van der Waals surface area (Å²) in [6.45, 7) is 9.04. The number of imide groups is 1. The third kappa shape index (κ3) is 7.54. The molecule has 1 aromatic carbocycles. The lowest BCUT2D eigenvalue weighted by Crippen LogP contribution is -2.30. The Hall–Kier alpha value is -2.25. The Morgan fingerprint density at radius 3 is 2.27 bits per heavy atom. The molecule has 0 aromatic heterocycles. The standard InChI is InChI=1S/C23H35N3O4/c1-23(2,3)19-10-8-17(9-11-19)16-24-12-6-4-5-7-13-25-20(27)14-18-15-21(28)26(30)22(18)29/h8-11,18,24,30H,4-7,12-16H2,1-3H3,(H,25,27). The van der Waals surface area contributed by atoms with Crippen LogP contribution in [0.4, 0.5) is 0 Å². The third-order valence-electron chi connectivity index (χ3n) is 5.40. The molecule has 1 aromatic rings. The van der Waals surface area contributed by atoms with Crippen LogP contribution in [0.2, 0.25) is 0 Å². The molecule has 0 saturated carbocycles. The first-order chi connectivity index (χ1) is 14.2. The van der Waals surface area contributed by atoms with Crippen molar-refractivity contribution in [3.05, 3.63) is 35.4 Å². The van der Waals surface area contributed by atoms with Gasteiger partial charge in [-0.3, -0.25) is 19.6 Å². The molecule has 1 aliphatic heterocycles. The molecule has 0 bridgehead atoms. The predicted octanol–water partition coefficient (Wildman–Crippen LogP) is 2.90. The van der Waals surface area contributed by atoms with Gasteiger partial charge in [0, 0.05) is 25.9 Å². The van der Waals surface area contributed by atoms with Gasteiger partial charge in [0.05, 0.1) is 5.92 Å². The van der Waals surface area contributed by atoms with Crippen LogP contribution in [0, 0.1) is 5.92 Å². The number of hydrogen-bond donors (Lipinski definition) is 3. The van der Waals surface area contributed by atoms with E-state index < -0.39 is 17.7 Å². The van der Waals surface area contributed by atoms with E-state index in [1.165, 1.54) is 11.1 Å². The summed E-state index contributed by atoms with van der Waals surface area (Å²) < 4.78 is 0. The summed E-state index contributed by atoms with van der Waals surface area (Å²) in [6.07, 6.45) is 3.91. The summed E-state index contributed by atoms with van der Waals surface area (Å²) in [5.74, 6) is -2.32. The van der Waals surface area contributed by atoms with E-state index in [2.05, 4.69) is 55.7 Å². The maximum Gasteiger partial charge on any atom is 0.257 e. The molecule has 1 aliphatic rings. The minimum atomic E-state index is -0.738. The van der Waals surface area contributed by atoms with Gasteiger partial charge in [-0.15, -0.1) is 0 Å². The Kier molecular flexibility index (Phi) is 8.99. The highest BCUT2D eigenvalue weighted by atomic mass is 16.5. The van der Waals surface area contributed by atoms with E-state index in [9.17, 15) is 19.6 Å². The molecular formula is C23H35N3O4. The average molecular weight is 418 g/mol. The van der Waals surface area contributed by atoms with Crippen molar-refractivity contribution in [3.8, 4) is 0 Å². The van der Waals surface area contributed by atoms with Crippen LogP contribution in [0.15, 0.2) is 24.3 Å². The number of carbonyl (C=O) groups is 3. The lowest BCUT2D eigenvalue weighted by Gasteiger charge is -2.19. The van der Waals surface area contributed by atoms with Crippen molar-refractivity contribution < 1.29 is 19.6 Å². The van der Waals surface area contributed by atoms with Crippen LogP contribution >= 0.6 is 0 Å². The zero-order valence-corrected chi connectivity index (χ0v) is 18.4. The summed E-state index contributed by atoms with van der Waals surface area (Å²) in [7, 11) is 0. The van der Waals surface area contributed by atoms with Gasteiger partial charge in [-0.2, -0.15) is 5.06 Å². The fourth-order valence-corrected chi connectivity index (χ4v) is 3.45. The molecule has 3 N–H and O–H groups in total. The molecular weight excluding hydrogens is 382 g/mol. The SMILES string of the molecule is CC(C)(C)c1ccc(CNCCCCCCNC(=O)CC2CC(=O)N(O)C2=O)cc1. The quantitative estimate of drug-likeness (QED) is 0.292. The van der Waals surface area contributed by atoms with Crippen LogP contribution in [-0.2, 0) is 26.3 Å². The zero-order valence-electron chi connectivity index (χ0n) is 18.4. The van der Waals surface area contributed by atoms with Gasteiger partial charge >= 0.3 is 0 Å². The van der Waals surface area contributed by atoms with Crippen molar-refractivity contribution in [2.75, 3.05) is 13.1 Å². The van der Waals surface area contributed by atoms with Gasteiger partial charge in [-0.25, -0.2) is 0 Å². The van der Waals surface area contributed by atoms with Crippen molar-refractivity contribution in [1.29, 1.82) is 0 Å². The molecule has 30 heavy (non-hydrogen) atoms. The van der Waals surface area contributed by atoms with Crippen molar-refractivity contribution >= 4 is 17.7 Å². The van der Waals surface area contributed by atoms with Gasteiger partial charge in [-0.1, -0.05) is 57.9 Å². The first-order valence-electron chi connectivity index (χ1n) is 10.8. The normalized spacial score (nSPS) is 16.9. The summed E-state index contributed by atoms with van der Waals surface area (Å²) in [5.41, 5.74) is 2.81. The Bertz CT molecular complexity index is 725. The first kappa shape index (κ1) is 24.0. The number of unbranched alkanes of at least 4 members (excludes halogenated alkanes) is 3. The lowest BCUT2D eigenvalue weighted by molar-refractivity contribution is -0.172. The zero-order chi connectivity index (χ0) is 22.1. The van der Waals surface area contributed by atoms with Gasteiger partial charge in [0.15, 0.2) is 0 Å². The van der Waals surface area contributed by atoms with E-state index in [4.69, 9.17) is 0 Å². The number of amides is 3. The second-order valence-electron chi connectivity index (χ2n) is 9.04. The maximum absolute atomic E-state index is 11.9. The van der Waals surface area contributed by atoms with E-state index in [1.54, 1.807) is 0 Å². The van der Waals surface area contributed by atoms with E-state index in [1.807, 2.05) is 0 Å². The number of hydroxylamine groups is 2. The minimum absolute atomic E-state index is 0.0533. The first-order valence-corrected chi connectivity index (χ1v) is 10.8. The van der Waals surface area contributed by atoms with E-state index in [-0.39, 0.29) is 29.2 Å². The Labute approximate surface area is 179 Å². The van der Waals surface area contributed by atoms with E-state index >= 15 is 0 Å². The average Bonchev–Trinajstić information content (AvgIpc) is 2.93. The number of rotatable bonds is 11. The molecule has 0 aliphatic carbocycles. The minimum Gasteiger partial charge on any atom is -0.356 e. The van der Waals surface area contributed by atoms with E-state index in [0.29, 0.717) is 6.54 Å². The van der Waals surface area contributed by atoms with Crippen LogP contribution in [0.3, 0.4) is 0 Å². The number of benzene rings is 1.